The summed E-state index contributed by atoms with van der Waals surface area (Å²) in [6, 6.07) is 10.0. The first-order valence-corrected chi connectivity index (χ1v) is 11.1. The molecule has 2 fully saturated rings. The fraction of sp³-hybridized carbons (Fsp3) is 0.522. The molecule has 2 saturated heterocycles. The SMILES string of the molecule is Cc1cc(N2CCOCC2)nc(N2CCN(C(=O)C3CCc4ccccc4O3)CC2)n1. The predicted molar refractivity (Wildman–Crippen MR) is 118 cm³/mol. The molecule has 164 valence electrons. The van der Waals surface area contributed by atoms with Crippen LogP contribution < -0.4 is 14.5 Å². The molecule has 0 aliphatic carbocycles. The van der Waals surface area contributed by atoms with E-state index in [4.69, 9.17) is 14.5 Å². The van der Waals surface area contributed by atoms with Crippen molar-refractivity contribution in [1.29, 1.82) is 0 Å². The van der Waals surface area contributed by atoms with Crippen molar-refractivity contribution in [1.82, 2.24) is 14.9 Å². The number of piperazine rings is 1. The highest BCUT2D eigenvalue weighted by Crippen LogP contribution is 2.28. The maximum Gasteiger partial charge on any atom is 0.263 e. The Labute approximate surface area is 182 Å². The van der Waals surface area contributed by atoms with Crippen LogP contribution in [0.4, 0.5) is 11.8 Å². The van der Waals surface area contributed by atoms with Gasteiger partial charge in [-0.25, -0.2) is 4.98 Å². The summed E-state index contributed by atoms with van der Waals surface area (Å²) in [4.78, 5) is 28.9. The van der Waals surface area contributed by atoms with Crippen LogP contribution in [0, 0.1) is 6.92 Å². The minimum Gasteiger partial charge on any atom is -0.480 e. The molecule has 0 radical (unpaired) electrons. The van der Waals surface area contributed by atoms with Gasteiger partial charge in [-0.15, -0.1) is 0 Å². The Morgan fingerprint density at radius 3 is 2.58 bits per heavy atom. The highest BCUT2D eigenvalue weighted by atomic mass is 16.5. The van der Waals surface area contributed by atoms with Crippen LogP contribution in [-0.4, -0.2) is 79.4 Å². The molecule has 1 atom stereocenters. The van der Waals surface area contributed by atoms with Crippen LogP contribution in [-0.2, 0) is 16.0 Å². The number of benzene rings is 1. The van der Waals surface area contributed by atoms with E-state index in [0.29, 0.717) is 13.1 Å². The topological polar surface area (TPSA) is 71.0 Å². The van der Waals surface area contributed by atoms with Gasteiger partial charge in [0.2, 0.25) is 5.95 Å². The lowest BCUT2D eigenvalue weighted by Gasteiger charge is -2.37. The molecule has 0 spiro atoms. The van der Waals surface area contributed by atoms with Crippen molar-refractivity contribution in [2.24, 2.45) is 0 Å². The van der Waals surface area contributed by atoms with Crippen LogP contribution in [0.1, 0.15) is 17.7 Å². The molecule has 4 heterocycles. The van der Waals surface area contributed by atoms with E-state index < -0.39 is 0 Å². The fourth-order valence-corrected chi connectivity index (χ4v) is 4.46. The number of rotatable bonds is 3. The average molecular weight is 424 g/mol. The van der Waals surface area contributed by atoms with Gasteiger partial charge in [-0.3, -0.25) is 4.79 Å². The van der Waals surface area contributed by atoms with E-state index in [2.05, 4.69) is 20.9 Å². The Balaban J connectivity index is 1.22. The van der Waals surface area contributed by atoms with E-state index in [-0.39, 0.29) is 12.0 Å². The highest BCUT2D eigenvalue weighted by molar-refractivity contribution is 5.82. The van der Waals surface area contributed by atoms with E-state index in [1.807, 2.05) is 36.1 Å². The first-order valence-electron chi connectivity index (χ1n) is 11.1. The molecule has 0 bridgehead atoms. The number of aryl methyl sites for hydroxylation is 2. The number of para-hydroxylation sites is 1. The molecular weight excluding hydrogens is 394 g/mol. The molecule has 1 aromatic carbocycles. The third-order valence-corrected chi connectivity index (χ3v) is 6.23. The van der Waals surface area contributed by atoms with Gasteiger partial charge < -0.3 is 24.2 Å². The Kier molecular flexibility index (Phi) is 5.63. The number of carbonyl (C=O) groups excluding carboxylic acids is 1. The standard InChI is InChI=1S/C23H29N5O3/c1-17-16-21(26-12-14-30-15-13-26)25-23(24-17)28-10-8-27(9-11-28)22(29)20-7-6-18-4-2-3-5-19(18)31-20/h2-5,16,20H,6-15H2,1H3. The molecular formula is C23H29N5O3. The number of ether oxygens (including phenoxy) is 2. The number of morpholine rings is 1. The Morgan fingerprint density at radius 2 is 1.77 bits per heavy atom. The first kappa shape index (κ1) is 20.1. The third-order valence-electron chi connectivity index (χ3n) is 6.23. The van der Waals surface area contributed by atoms with Crippen molar-refractivity contribution in [2.45, 2.75) is 25.9 Å². The maximum absolute atomic E-state index is 13.1. The van der Waals surface area contributed by atoms with Gasteiger partial charge in [-0.2, -0.15) is 4.98 Å². The lowest BCUT2D eigenvalue weighted by atomic mass is 10.0. The maximum atomic E-state index is 13.1. The Bertz CT molecular complexity index is 939. The molecule has 3 aliphatic heterocycles. The minimum absolute atomic E-state index is 0.0910. The molecule has 8 nitrogen and oxygen atoms in total. The van der Waals surface area contributed by atoms with Gasteiger partial charge in [0, 0.05) is 51.0 Å². The monoisotopic (exact) mass is 423 g/mol. The predicted octanol–water partition coefficient (Wildman–Crippen LogP) is 1.66. The van der Waals surface area contributed by atoms with Gasteiger partial charge in [0.15, 0.2) is 6.10 Å². The molecule has 2 aromatic rings. The van der Waals surface area contributed by atoms with E-state index in [0.717, 1.165) is 75.4 Å². The van der Waals surface area contributed by atoms with Gasteiger partial charge in [0.05, 0.1) is 13.2 Å². The third kappa shape index (κ3) is 4.30. The number of hydrogen-bond acceptors (Lipinski definition) is 7. The smallest absolute Gasteiger partial charge is 0.263 e. The molecule has 0 N–H and O–H groups in total. The minimum atomic E-state index is -0.385. The van der Waals surface area contributed by atoms with E-state index in [9.17, 15) is 4.79 Å². The number of carbonyl (C=O) groups is 1. The largest absolute Gasteiger partial charge is 0.480 e. The average Bonchev–Trinajstić information content (AvgIpc) is 2.83. The second-order valence-electron chi connectivity index (χ2n) is 8.33. The summed E-state index contributed by atoms with van der Waals surface area (Å²) < 4.78 is 11.5. The van der Waals surface area contributed by atoms with E-state index in [1.165, 1.54) is 5.56 Å². The summed E-state index contributed by atoms with van der Waals surface area (Å²) in [5.74, 6) is 2.64. The number of nitrogens with zero attached hydrogens (tertiary/aromatic N) is 5. The highest BCUT2D eigenvalue weighted by Gasteiger charge is 2.32. The van der Waals surface area contributed by atoms with Crippen LogP contribution in [0.15, 0.2) is 30.3 Å². The van der Waals surface area contributed by atoms with Crippen LogP contribution in [0.3, 0.4) is 0 Å². The quantitative estimate of drug-likeness (QED) is 0.744. The van der Waals surface area contributed by atoms with Crippen molar-refractivity contribution in [3.8, 4) is 5.75 Å². The van der Waals surface area contributed by atoms with Gasteiger partial charge >= 0.3 is 0 Å². The lowest BCUT2D eigenvalue weighted by molar-refractivity contribution is -0.139. The Hall–Kier alpha value is -2.87. The van der Waals surface area contributed by atoms with Gasteiger partial charge in [-0.05, 0) is 31.4 Å². The van der Waals surface area contributed by atoms with Crippen LogP contribution in [0.25, 0.3) is 0 Å². The van der Waals surface area contributed by atoms with E-state index >= 15 is 0 Å². The summed E-state index contributed by atoms with van der Waals surface area (Å²) in [5, 5.41) is 0. The zero-order chi connectivity index (χ0) is 21.2. The van der Waals surface area contributed by atoms with Gasteiger partial charge in [0.25, 0.3) is 5.91 Å². The second-order valence-corrected chi connectivity index (χ2v) is 8.33. The number of hydrogen-bond donors (Lipinski definition) is 0. The van der Waals surface area contributed by atoms with Crippen molar-refractivity contribution in [3.05, 3.63) is 41.6 Å². The summed E-state index contributed by atoms with van der Waals surface area (Å²) in [6.45, 7) is 7.93. The molecule has 8 heteroatoms. The summed E-state index contributed by atoms with van der Waals surface area (Å²) in [6.07, 6.45) is 1.23. The normalized spacial score (nSPS) is 21.5. The first-order chi connectivity index (χ1) is 15.2. The molecule has 3 aliphatic rings. The lowest BCUT2D eigenvalue weighted by Crippen LogP contribution is -2.53. The number of amides is 1. The molecule has 0 saturated carbocycles. The molecule has 31 heavy (non-hydrogen) atoms. The van der Waals surface area contributed by atoms with Crippen LogP contribution >= 0.6 is 0 Å². The van der Waals surface area contributed by atoms with Crippen molar-refractivity contribution >= 4 is 17.7 Å². The van der Waals surface area contributed by atoms with E-state index in [1.54, 1.807) is 0 Å². The summed E-state index contributed by atoms with van der Waals surface area (Å²) >= 11 is 0. The molecule has 1 aromatic heterocycles. The van der Waals surface area contributed by atoms with Gasteiger partial charge in [-0.1, -0.05) is 18.2 Å². The number of aromatic nitrogens is 2. The van der Waals surface area contributed by atoms with Crippen LogP contribution in [0.5, 0.6) is 5.75 Å². The fourth-order valence-electron chi connectivity index (χ4n) is 4.46. The van der Waals surface area contributed by atoms with Crippen molar-refractivity contribution in [3.63, 3.8) is 0 Å². The molecule has 5 rings (SSSR count). The zero-order valence-electron chi connectivity index (χ0n) is 18.0. The molecule has 1 unspecified atom stereocenters. The number of fused-ring (bicyclic) bond motifs is 1. The van der Waals surface area contributed by atoms with Gasteiger partial charge in [0.1, 0.15) is 11.6 Å². The number of anilines is 2. The van der Waals surface area contributed by atoms with Crippen molar-refractivity contribution < 1.29 is 14.3 Å². The second kappa shape index (κ2) is 8.70. The summed E-state index contributed by atoms with van der Waals surface area (Å²) in [5.41, 5.74) is 2.14. The van der Waals surface area contributed by atoms with Crippen molar-refractivity contribution in [2.75, 3.05) is 62.3 Å². The Morgan fingerprint density at radius 1 is 1.00 bits per heavy atom. The summed E-state index contributed by atoms with van der Waals surface area (Å²) in [7, 11) is 0. The van der Waals surface area contributed by atoms with Crippen LogP contribution in [0.2, 0.25) is 0 Å². The molecule has 1 amide bonds. The zero-order valence-corrected chi connectivity index (χ0v) is 18.0.